The second-order valence-corrected chi connectivity index (χ2v) is 6.82. The minimum Gasteiger partial charge on any atom is -0.473 e. The Kier molecular flexibility index (Phi) is 4.26. The van der Waals surface area contributed by atoms with Crippen molar-refractivity contribution in [3.05, 3.63) is 59.7 Å². The zero-order valence-corrected chi connectivity index (χ0v) is 14.8. The van der Waals surface area contributed by atoms with Gasteiger partial charge in [0.2, 0.25) is 0 Å². The highest BCUT2D eigenvalue weighted by Crippen LogP contribution is 2.26. The molecule has 0 amide bonds. The molecule has 0 N–H and O–H groups in total. The fourth-order valence-corrected chi connectivity index (χ4v) is 3.32. The molecule has 0 saturated carbocycles. The summed E-state index contributed by atoms with van der Waals surface area (Å²) in [4.78, 5) is 12.0. The van der Waals surface area contributed by atoms with Crippen molar-refractivity contribution in [2.75, 3.05) is 13.2 Å². The van der Waals surface area contributed by atoms with Gasteiger partial charge in [-0.25, -0.2) is 9.98 Å². The van der Waals surface area contributed by atoms with Crippen molar-refractivity contribution < 1.29 is 4.74 Å². The molecule has 4 nitrogen and oxygen atoms in total. The third-order valence-corrected chi connectivity index (χ3v) is 4.79. The molecule has 4 heteroatoms. The molecule has 0 unspecified atom stereocenters. The Balaban J connectivity index is 1.73. The number of benzene rings is 2. The second-order valence-electron chi connectivity index (χ2n) is 6.82. The molecular formula is C21H23N3O. The lowest BCUT2D eigenvalue weighted by molar-refractivity contribution is 0.196. The third-order valence-electron chi connectivity index (χ3n) is 4.79. The van der Waals surface area contributed by atoms with E-state index >= 15 is 0 Å². The highest BCUT2D eigenvalue weighted by Gasteiger charge is 2.35. The first-order chi connectivity index (χ1) is 12.2. The molecule has 0 spiro atoms. The van der Waals surface area contributed by atoms with Crippen molar-refractivity contribution in [2.24, 2.45) is 9.98 Å². The first-order valence-corrected chi connectivity index (χ1v) is 8.89. The summed E-state index contributed by atoms with van der Waals surface area (Å²) in [6.07, 6.45) is 2.34. The smallest absolute Gasteiger partial charge is 0.258 e. The summed E-state index contributed by atoms with van der Waals surface area (Å²) in [6.45, 7) is 5.87. The summed E-state index contributed by atoms with van der Waals surface area (Å²) in [5.74, 6) is 1.49. The molecule has 2 aromatic carbocycles. The molecule has 128 valence electrons. The lowest BCUT2D eigenvalue weighted by Gasteiger charge is -2.33. The van der Waals surface area contributed by atoms with Crippen LogP contribution in [-0.4, -0.2) is 35.8 Å². The van der Waals surface area contributed by atoms with E-state index < -0.39 is 0 Å². The molecule has 25 heavy (non-hydrogen) atoms. The number of rotatable bonds is 2. The summed E-state index contributed by atoms with van der Waals surface area (Å²) < 4.78 is 6.01. The van der Waals surface area contributed by atoms with Gasteiger partial charge < -0.3 is 9.64 Å². The van der Waals surface area contributed by atoms with E-state index in [9.17, 15) is 0 Å². The molecule has 4 rings (SSSR count). The van der Waals surface area contributed by atoms with Gasteiger partial charge in [-0.2, -0.15) is 0 Å². The molecular weight excluding hydrogens is 310 g/mol. The Morgan fingerprint density at radius 1 is 0.880 bits per heavy atom. The van der Waals surface area contributed by atoms with Crippen molar-refractivity contribution >= 4 is 23.1 Å². The summed E-state index contributed by atoms with van der Waals surface area (Å²) in [7, 11) is 0. The van der Waals surface area contributed by atoms with Gasteiger partial charge in [-0.1, -0.05) is 35.4 Å². The minimum absolute atomic E-state index is 0.418. The van der Waals surface area contributed by atoms with Crippen LogP contribution in [-0.2, 0) is 4.74 Å². The molecule has 1 atom stereocenters. The van der Waals surface area contributed by atoms with Crippen LogP contribution in [0.5, 0.6) is 0 Å². The van der Waals surface area contributed by atoms with E-state index in [1.165, 1.54) is 17.5 Å². The molecule has 0 aromatic heterocycles. The molecule has 2 heterocycles. The van der Waals surface area contributed by atoms with Gasteiger partial charge in [-0.3, -0.25) is 0 Å². The Hall–Kier alpha value is -2.62. The highest BCUT2D eigenvalue weighted by molar-refractivity contribution is 6.39. The lowest BCUT2D eigenvalue weighted by atomic mass is 10.2. The highest BCUT2D eigenvalue weighted by atomic mass is 16.5. The number of aryl methyl sites for hydroxylation is 2. The normalized spacial score (nSPS) is 23.0. The summed E-state index contributed by atoms with van der Waals surface area (Å²) in [5.41, 5.74) is 4.29. The molecule has 2 fully saturated rings. The van der Waals surface area contributed by atoms with Gasteiger partial charge in [0.05, 0.1) is 17.4 Å². The fraction of sp³-hybridized carbons (Fsp3) is 0.333. The summed E-state index contributed by atoms with van der Waals surface area (Å²) in [6, 6.07) is 16.9. The quantitative estimate of drug-likeness (QED) is 0.808. The van der Waals surface area contributed by atoms with E-state index in [1.807, 2.05) is 24.3 Å². The average Bonchev–Trinajstić information content (AvgIpc) is 3.10. The van der Waals surface area contributed by atoms with Crippen LogP contribution in [0.25, 0.3) is 0 Å². The lowest BCUT2D eigenvalue weighted by Crippen LogP contribution is -2.48. The van der Waals surface area contributed by atoms with Gasteiger partial charge in [0.25, 0.3) is 5.90 Å². The minimum atomic E-state index is 0.418. The summed E-state index contributed by atoms with van der Waals surface area (Å²) in [5, 5.41) is 0. The molecule has 2 aliphatic rings. The third kappa shape index (κ3) is 3.43. The molecule has 0 radical (unpaired) electrons. The van der Waals surface area contributed by atoms with Crippen molar-refractivity contribution in [1.82, 2.24) is 4.90 Å². The van der Waals surface area contributed by atoms with E-state index in [1.54, 1.807) is 0 Å². The van der Waals surface area contributed by atoms with Gasteiger partial charge in [0.15, 0.2) is 5.84 Å². The largest absolute Gasteiger partial charge is 0.473 e. The van der Waals surface area contributed by atoms with Gasteiger partial charge in [0.1, 0.15) is 6.61 Å². The Morgan fingerprint density at radius 2 is 1.48 bits per heavy atom. The maximum absolute atomic E-state index is 6.01. The van der Waals surface area contributed by atoms with E-state index in [4.69, 9.17) is 14.7 Å². The Morgan fingerprint density at radius 3 is 2.12 bits per heavy atom. The molecule has 2 aromatic rings. The Bertz CT molecular complexity index is 806. The van der Waals surface area contributed by atoms with Crippen molar-refractivity contribution in [1.29, 1.82) is 0 Å². The van der Waals surface area contributed by atoms with Gasteiger partial charge >= 0.3 is 0 Å². The second kappa shape index (κ2) is 6.71. The van der Waals surface area contributed by atoms with Gasteiger partial charge in [0, 0.05) is 6.54 Å². The molecule has 0 aliphatic carbocycles. The predicted octanol–water partition coefficient (Wildman–Crippen LogP) is 4.56. The van der Waals surface area contributed by atoms with Crippen LogP contribution in [0.2, 0.25) is 0 Å². The first kappa shape index (κ1) is 15.9. The van der Waals surface area contributed by atoms with Crippen LogP contribution >= 0.6 is 0 Å². The van der Waals surface area contributed by atoms with Crippen LogP contribution in [0, 0.1) is 13.8 Å². The van der Waals surface area contributed by atoms with Gasteiger partial charge in [-0.05, 0) is 51.0 Å². The topological polar surface area (TPSA) is 37.2 Å². The van der Waals surface area contributed by atoms with Crippen LogP contribution < -0.4 is 0 Å². The standard InChI is InChI=1S/C21H23N3O/c1-15-5-9-17(10-6-15)22-20-21(23-18-11-7-16(2)8-12-18)25-14-19-4-3-13-24(19)20/h5-12,19H,3-4,13-14H2,1-2H3/t19-/m0/s1. The zero-order chi connectivity index (χ0) is 17.2. The zero-order valence-electron chi connectivity index (χ0n) is 14.8. The number of nitrogens with zero attached hydrogens (tertiary/aromatic N) is 3. The number of fused-ring (bicyclic) bond motifs is 1. The number of ether oxygens (including phenoxy) is 1. The first-order valence-electron chi connectivity index (χ1n) is 8.89. The van der Waals surface area contributed by atoms with E-state index in [0.29, 0.717) is 18.5 Å². The number of aliphatic imine (C=N–C) groups is 2. The fourth-order valence-electron chi connectivity index (χ4n) is 3.32. The van der Waals surface area contributed by atoms with Crippen LogP contribution in [0.15, 0.2) is 58.5 Å². The Labute approximate surface area is 148 Å². The monoisotopic (exact) mass is 333 g/mol. The molecule has 2 aliphatic heterocycles. The number of morpholine rings is 1. The average molecular weight is 333 g/mol. The van der Waals surface area contributed by atoms with Gasteiger partial charge in [-0.15, -0.1) is 0 Å². The van der Waals surface area contributed by atoms with Crippen LogP contribution in [0.1, 0.15) is 24.0 Å². The summed E-state index contributed by atoms with van der Waals surface area (Å²) >= 11 is 0. The van der Waals surface area contributed by atoms with Crippen LogP contribution in [0.4, 0.5) is 11.4 Å². The van der Waals surface area contributed by atoms with Crippen molar-refractivity contribution in [3.8, 4) is 0 Å². The van der Waals surface area contributed by atoms with Crippen molar-refractivity contribution in [2.45, 2.75) is 32.7 Å². The maximum Gasteiger partial charge on any atom is 0.258 e. The predicted molar refractivity (Wildman–Crippen MR) is 102 cm³/mol. The van der Waals surface area contributed by atoms with Crippen LogP contribution in [0.3, 0.4) is 0 Å². The number of hydrogen-bond donors (Lipinski definition) is 0. The van der Waals surface area contributed by atoms with E-state index in [0.717, 1.165) is 30.2 Å². The number of hydrogen-bond acceptors (Lipinski definition) is 3. The van der Waals surface area contributed by atoms with Crippen molar-refractivity contribution in [3.63, 3.8) is 0 Å². The van der Waals surface area contributed by atoms with E-state index in [-0.39, 0.29) is 0 Å². The molecule has 0 bridgehead atoms. The number of amidine groups is 1. The molecule has 2 saturated heterocycles. The SMILES string of the molecule is Cc1ccc(N=C2OC[C@@H]3CCCN3C2=Nc2ccc(C)cc2)cc1. The van der Waals surface area contributed by atoms with E-state index in [2.05, 4.69) is 43.0 Å². The maximum atomic E-state index is 6.01.